The molecule has 4 heterocycles. The lowest BCUT2D eigenvalue weighted by Gasteiger charge is -2.40. The lowest BCUT2D eigenvalue weighted by molar-refractivity contribution is -0.150. The first-order valence-corrected chi connectivity index (χ1v) is 9.08. The molecule has 7 nitrogen and oxygen atoms in total. The van der Waals surface area contributed by atoms with Crippen molar-refractivity contribution in [1.82, 2.24) is 14.5 Å². The summed E-state index contributed by atoms with van der Waals surface area (Å²) < 4.78 is 48.1. The summed E-state index contributed by atoms with van der Waals surface area (Å²) in [4.78, 5) is 24.1. The molecule has 0 radical (unpaired) electrons. The van der Waals surface area contributed by atoms with E-state index in [0.717, 1.165) is 4.90 Å². The van der Waals surface area contributed by atoms with Crippen molar-refractivity contribution in [1.29, 1.82) is 0 Å². The number of fused-ring (bicyclic) bond motifs is 1. The van der Waals surface area contributed by atoms with Gasteiger partial charge >= 0.3 is 6.18 Å². The largest absolute Gasteiger partial charge is 0.409 e. The molecule has 1 saturated heterocycles. The van der Waals surface area contributed by atoms with Crippen LogP contribution in [0.3, 0.4) is 0 Å². The van der Waals surface area contributed by atoms with Crippen molar-refractivity contribution >= 4 is 17.5 Å². The standard InChI is InChI=1S/C18H20F3N5O2/c1-12-11-28-9-8-24(12)15-10-16(27)25-7-4-14(18(19,20)21)26(17(25)23-15)13-2-5-22-6-3-13/h2-3,5-6,10,12,14H,4,7-9,11H2,1H3. The molecule has 1 fully saturated rings. The van der Waals surface area contributed by atoms with Crippen LogP contribution in [0.4, 0.5) is 30.6 Å². The van der Waals surface area contributed by atoms with Crippen LogP contribution in [0.1, 0.15) is 13.3 Å². The lowest BCUT2D eigenvalue weighted by atomic mass is 10.1. The number of hydrogen-bond donors (Lipinski definition) is 0. The molecule has 28 heavy (non-hydrogen) atoms. The monoisotopic (exact) mass is 395 g/mol. The number of anilines is 3. The zero-order chi connectivity index (χ0) is 19.9. The molecule has 0 aliphatic carbocycles. The van der Waals surface area contributed by atoms with Gasteiger partial charge < -0.3 is 9.64 Å². The van der Waals surface area contributed by atoms with E-state index in [0.29, 0.717) is 31.3 Å². The van der Waals surface area contributed by atoms with E-state index >= 15 is 0 Å². The van der Waals surface area contributed by atoms with Gasteiger partial charge in [0.1, 0.15) is 11.9 Å². The summed E-state index contributed by atoms with van der Waals surface area (Å²) in [7, 11) is 0. The Morgan fingerprint density at radius 1 is 1.21 bits per heavy atom. The number of pyridine rings is 1. The summed E-state index contributed by atoms with van der Waals surface area (Å²) in [5, 5.41) is 0. The minimum atomic E-state index is -4.46. The van der Waals surface area contributed by atoms with Gasteiger partial charge in [0.05, 0.1) is 19.3 Å². The van der Waals surface area contributed by atoms with Gasteiger partial charge in [-0.1, -0.05) is 0 Å². The van der Waals surface area contributed by atoms with E-state index in [4.69, 9.17) is 4.74 Å². The van der Waals surface area contributed by atoms with Crippen LogP contribution in [0.15, 0.2) is 35.4 Å². The van der Waals surface area contributed by atoms with Crippen LogP contribution in [0.25, 0.3) is 0 Å². The molecule has 10 heteroatoms. The molecular weight excluding hydrogens is 375 g/mol. The molecular formula is C18H20F3N5O2. The lowest BCUT2D eigenvalue weighted by Crippen LogP contribution is -2.51. The summed E-state index contributed by atoms with van der Waals surface area (Å²) in [5.41, 5.74) is -0.0665. The third-order valence-electron chi connectivity index (χ3n) is 5.11. The van der Waals surface area contributed by atoms with E-state index in [1.807, 2.05) is 11.8 Å². The van der Waals surface area contributed by atoms with E-state index in [-0.39, 0.29) is 30.5 Å². The summed E-state index contributed by atoms with van der Waals surface area (Å²) in [5.74, 6) is 0.370. The van der Waals surface area contributed by atoms with Gasteiger partial charge in [0.15, 0.2) is 0 Å². The van der Waals surface area contributed by atoms with Gasteiger partial charge in [0, 0.05) is 37.2 Å². The fraction of sp³-hybridized carbons (Fsp3) is 0.500. The number of alkyl halides is 3. The Hall–Kier alpha value is -2.62. The van der Waals surface area contributed by atoms with Crippen LogP contribution < -0.4 is 15.4 Å². The maximum absolute atomic E-state index is 13.8. The molecule has 150 valence electrons. The van der Waals surface area contributed by atoms with Crippen LogP contribution in [0.2, 0.25) is 0 Å². The Kier molecular flexibility index (Phi) is 4.74. The number of morpholine rings is 1. The minimum absolute atomic E-state index is 0.000895. The maximum Gasteiger partial charge on any atom is 0.409 e. The summed E-state index contributed by atoms with van der Waals surface area (Å²) in [6.45, 7) is 3.36. The van der Waals surface area contributed by atoms with Crippen LogP contribution in [-0.4, -0.2) is 52.6 Å². The Morgan fingerprint density at radius 3 is 2.64 bits per heavy atom. The first-order valence-electron chi connectivity index (χ1n) is 9.08. The average molecular weight is 395 g/mol. The van der Waals surface area contributed by atoms with E-state index in [2.05, 4.69) is 9.97 Å². The van der Waals surface area contributed by atoms with E-state index in [1.165, 1.54) is 35.2 Å². The average Bonchev–Trinajstić information content (AvgIpc) is 2.67. The van der Waals surface area contributed by atoms with Crippen LogP contribution >= 0.6 is 0 Å². The summed E-state index contributed by atoms with van der Waals surface area (Å²) in [6, 6.07) is 2.58. The Labute approximate surface area is 159 Å². The number of rotatable bonds is 2. The first-order chi connectivity index (χ1) is 13.4. The molecule has 0 aromatic carbocycles. The zero-order valence-electron chi connectivity index (χ0n) is 15.3. The summed E-state index contributed by atoms with van der Waals surface area (Å²) in [6.07, 6.45) is -1.84. The van der Waals surface area contributed by atoms with Gasteiger partial charge in [-0.3, -0.25) is 19.2 Å². The minimum Gasteiger partial charge on any atom is -0.377 e. The second kappa shape index (κ2) is 7.08. The van der Waals surface area contributed by atoms with Crippen molar-refractivity contribution in [3.63, 3.8) is 0 Å². The van der Waals surface area contributed by atoms with Crippen molar-refractivity contribution in [2.45, 2.75) is 38.1 Å². The number of halogens is 3. The quantitative estimate of drug-likeness (QED) is 0.778. The van der Waals surface area contributed by atoms with Crippen LogP contribution in [-0.2, 0) is 11.3 Å². The molecule has 2 aromatic heterocycles. The molecule has 4 rings (SSSR count). The van der Waals surface area contributed by atoms with Gasteiger partial charge in [0.25, 0.3) is 5.56 Å². The van der Waals surface area contributed by atoms with E-state index < -0.39 is 12.2 Å². The SMILES string of the molecule is CC1COCCN1c1cc(=O)n2c(n1)N(c1ccncc1)C(C(F)(F)F)CC2. The summed E-state index contributed by atoms with van der Waals surface area (Å²) >= 11 is 0. The molecule has 2 aliphatic rings. The van der Waals surface area contributed by atoms with Crippen molar-refractivity contribution in [3.05, 3.63) is 40.9 Å². The Bertz CT molecular complexity index is 902. The molecule has 2 aliphatic heterocycles. The number of aromatic nitrogens is 3. The van der Waals surface area contributed by atoms with Gasteiger partial charge in [-0.15, -0.1) is 0 Å². The topological polar surface area (TPSA) is 63.5 Å². The van der Waals surface area contributed by atoms with E-state index in [1.54, 1.807) is 0 Å². The highest BCUT2D eigenvalue weighted by Gasteiger charge is 2.47. The predicted molar refractivity (Wildman–Crippen MR) is 97.0 cm³/mol. The Balaban J connectivity index is 1.86. The zero-order valence-corrected chi connectivity index (χ0v) is 15.3. The normalized spacial score (nSPS) is 22.9. The highest BCUT2D eigenvalue weighted by Crippen LogP contribution is 2.39. The molecule has 2 atom stereocenters. The van der Waals surface area contributed by atoms with Gasteiger partial charge in [-0.2, -0.15) is 18.2 Å². The smallest absolute Gasteiger partial charge is 0.377 e. The predicted octanol–water partition coefficient (Wildman–Crippen LogP) is 2.34. The van der Waals surface area contributed by atoms with Crippen molar-refractivity contribution in [2.24, 2.45) is 0 Å². The molecule has 0 N–H and O–H groups in total. The van der Waals surface area contributed by atoms with Crippen molar-refractivity contribution < 1.29 is 17.9 Å². The van der Waals surface area contributed by atoms with Gasteiger partial charge in [0.2, 0.25) is 5.95 Å². The van der Waals surface area contributed by atoms with Crippen molar-refractivity contribution in [3.8, 4) is 0 Å². The molecule has 0 spiro atoms. The van der Waals surface area contributed by atoms with Gasteiger partial charge in [-0.25, -0.2) is 0 Å². The molecule has 0 amide bonds. The second-order valence-corrected chi connectivity index (χ2v) is 6.94. The fourth-order valence-electron chi connectivity index (χ4n) is 3.72. The molecule has 2 unspecified atom stereocenters. The molecule has 0 bridgehead atoms. The molecule has 0 saturated carbocycles. The molecule has 2 aromatic rings. The number of ether oxygens (including phenoxy) is 1. The van der Waals surface area contributed by atoms with Crippen LogP contribution in [0.5, 0.6) is 0 Å². The third kappa shape index (κ3) is 3.32. The Morgan fingerprint density at radius 2 is 1.96 bits per heavy atom. The third-order valence-corrected chi connectivity index (χ3v) is 5.11. The van der Waals surface area contributed by atoms with Gasteiger partial charge in [-0.05, 0) is 25.5 Å². The van der Waals surface area contributed by atoms with Crippen LogP contribution in [0, 0.1) is 0 Å². The first kappa shape index (κ1) is 18.7. The number of hydrogen-bond acceptors (Lipinski definition) is 6. The number of nitrogens with zero attached hydrogens (tertiary/aromatic N) is 5. The highest BCUT2D eigenvalue weighted by molar-refractivity contribution is 5.61. The van der Waals surface area contributed by atoms with E-state index in [9.17, 15) is 18.0 Å². The second-order valence-electron chi connectivity index (χ2n) is 6.94. The highest BCUT2D eigenvalue weighted by atomic mass is 19.4. The fourth-order valence-corrected chi connectivity index (χ4v) is 3.72. The maximum atomic E-state index is 13.8. The van der Waals surface area contributed by atoms with Crippen molar-refractivity contribution in [2.75, 3.05) is 29.6 Å².